The summed E-state index contributed by atoms with van der Waals surface area (Å²) in [5.74, 6) is -0.328. The summed E-state index contributed by atoms with van der Waals surface area (Å²) in [6.07, 6.45) is 1.54. The molecule has 0 fully saturated rings. The number of carbonyl (C=O) groups is 3. The third kappa shape index (κ3) is 4.79. The van der Waals surface area contributed by atoms with E-state index < -0.39 is 11.9 Å². The van der Waals surface area contributed by atoms with Gasteiger partial charge in [0, 0.05) is 6.54 Å². The van der Waals surface area contributed by atoms with Crippen LogP contribution in [0.3, 0.4) is 0 Å². The number of carbonyl (C=O) groups excluding carboxylic acids is 3. The number of benzene rings is 2. The van der Waals surface area contributed by atoms with Gasteiger partial charge in [-0.3, -0.25) is 14.4 Å². The SMILES string of the molecule is CCCNC(=O)[C@H](C)NC(=O)COc1ccc2ccccc2c1C=O. The van der Waals surface area contributed by atoms with Gasteiger partial charge in [-0.05, 0) is 30.2 Å². The number of aldehydes is 1. The van der Waals surface area contributed by atoms with Crippen LogP contribution >= 0.6 is 0 Å². The van der Waals surface area contributed by atoms with E-state index in [0.717, 1.165) is 23.5 Å². The van der Waals surface area contributed by atoms with E-state index in [-0.39, 0.29) is 12.5 Å². The maximum absolute atomic E-state index is 12.0. The lowest BCUT2D eigenvalue weighted by Crippen LogP contribution is -2.46. The van der Waals surface area contributed by atoms with Crippen molar-refractivity contribution in [3.63, 3.8) is 0 Å². The fourth-order valence-corrected chi connectivity index (χ4v) is 2.42. The minimum absolute atomic E-state index is 0.241. The standard InChI is InChI=1S/C19H22N2O4/c1-3-10-20-19(24)13(2)21-18(23)12-25-17-9-8-14-6-4-5-7-15(14)16(17)11-22/h4-9,11,13H,3,10,12H2,1-2H3,(H,20,24)(H,21,23)/t13-/m0/s1. The molecule has 6 heteroatoms. The van der Waals surface area contributed by atoms with E-state index in [1.54, 1.807) is 13.0 Å². The highest BCUT2D eigenvalue weighted by molar-refractivity contribution is 6.00. The van der Waals surface area contributed by atoms with Gasteiger partial charge >= 0.3 is 0 Å². The van der Waals surface area contributed by atoms with E-state index in [1.165, 1.54) is 0 Å². The summed E-state index contributed by atoms with van der Waals surface area (Å²) in [6.45, 7) is 3.85. The minimum atomic E-state index is -0.648. The number of hydrogen-bond acceptors (Lipinski definition) is 4. The second kappa shape index (κ2) is 8.82. The Kier molecular flexibility index (Phi) is 6.51. The quantitative estimate of drug-likeness (QED) is 0.719. The lowest BCUT2D eigenvalue weighted by atomic mass is 10.0. The van der Waals surface area contributed by atoms with Crippen molar-refractivity contribution >= 4 is 28.9 Å². The summed E-state index contributed by atoms with van der Waals surface area (Å²) in [4.78, 5) is 35.1. The number of fused-ring (bicyclic) bond motifs is 1. The van der Waals surface area contributed by atoms with Gasteiger partial charge in [-0.1, -0.05) is 37.3 Å². The van der Waals surface area contributed by atoms with Crippen LogP contribution in [0.4, 0.5) is 0 Å². The predicted molar refractivity (Wildman–Crippen MR) is 95.7 cm³/mol. The average molecular weight is 342 g/mol. The summed E-state index contributed by atoms with van der Waals surface area (Å²) in [5, 5.41) is 6.96. The second-order valence-corrected chi connectivity index (χ2v) is 5.69. The van der Waals surface area contributed by atoms with Crippen molar-refractivity contribution in [2.75, 3.05) is 13.2 Å². The minimum Gasteiger partial charge on any atom is -0.483 e. The zero-order valence-electron chi connectivity index (χ0n) is 14.4. The Morgan fingerprint density at radius 1 is 1.20 bits per heavy atom. The smallest absolute Gasteiger partial charge is 0.258 e. The molecule has 1 atom stereocenters. The van der Waals surface area contributed by atoms with Crippen molar-refractivity contribution in [2.45, 2.75) is 26.3 Å². The van der Waals surface area contributed by atoms with Crippen molar-refractivity contribution in [3.8, 4) is 5.75 Å². The zero-order valence-corrected chi connectivity index (χ0v) is 14.4. The van der Waals surface area contributed by atoms with Crippen LogP contribution in [-0.4, -0.2) is 37.3 Å². The number of nitrogens with one attached hydrogen (secondary N) is 2. The normalized spacial score (nSPS) is 11.6. The molecule has 25 heavy (non-hydrogen) atoms. The molecule has 2 rings (SSSR count). The van der Waals surface area contributed by atoms with E-state index in [2.05, 4.69) is 10.6 Å². The molecule has 0 saturated carbocycles. The molecule has 0 aromatic heterocycles. The molecule has 2 aromatic carbocycles. The number of ether oxygens (including phenoxy) is 1. The monoisotopic (exact) mass is 342 g/mol. The molecular formula is C19H22N2O4. The van der Waals surface area contributed by atoms with Crippen LogP contribution in [0.1, 0.15) is 30.6 Å². The van der Waals surface area contributed by atoms with Crippen molar-refractivity contribution in [1.29, 1.82) is 0 Å². The lowest BCUT2D eigenvalue weighted by Gasteiger charge is -2.15. The molecular weight excluding hydrogens is 320 g/mol. The number of rotatable bonds is 8. The highest BCUT2D eigenvalue weighted by atomic mass is 16.5. The van der Waals surface area contributed by atoms with Gasteiger partial charge in [0.2, 0.25) is 5.91 Å². The maximum Gasteiger partial charge on any atom is 0.258 e. The van der Waals surface area contributed by atoms with Gasteiger partial charge < -0.3 is 15.4 Å². The largest absolute Gasteiger partial charge is 0.483 e. The molecule has 0 aliphatic rings. The first-order valence-corrected chi connectivity index (χ1v) is 8.23. The number of hydrogen-bond donors (Lipinski definition) is 2. The molecule has 2 amide bonds. The fraction of sp³-hybridized carbons (Fsp3) is 0.316. The summed E-state index contributed by atoms with van der Waals surface area (Å²) in [6, 6.07) is 10.3. The van der Waals surface area contributed by atoms with Crippen LogP contribution in [0.2, 0.25) is 0 Å². The first-order chi connectivity index (χ1) is 12.1. The molecule has 0 radical (unpaired) electrons. The van der Waals surface area contributed by atoms with E-state index in [4.69, 9.17) is 4.74 Å². The Morgan fingerprint density at radius 3 is 2.68 bits per heavy atom. The Labute approximate surface area is 146 Å². The van der Waals surface area contributed by atoms with Gasteiger partial charge in [-0.15, -0.1) is 0 Å². The third-order valence-electron chi connectivity index (χ3n) is 3.73. The predicted octanol–water partition coefficient (Wildman–Crippen LogP) is 2.06. The van der Waals surface area contributed by atoms with Gasteiger partial charge in [0.05, 0.1) is 5.56 Å². The summed E-state index contributed by atoms with van der Waals surface area (Å²) >= 11 is 0. The van der Waals surface area contributed by atoms with E-state index in [1.807, 2.05) is 37.3 Å². The number of amides is 2. The molecule has 132 valence electrons. The second-order valence-electron chi connectivity index (χ2n) is 5.69. The zero-order chi connectivity index (χ0) is 18.2. The van der Waals surface area contributed by atoms with Gasteiger partial charge in [0.25, 0.3) is 5.91 Å². The molecule has 6 nitrogen and oxygen atoms in total. The van der Waals surface area contributed by atoms with Gasteiger partial charge in [-0.25, -0.2) is 0 Å². The molecule has 0 heterocycles. The Morgan fingerprint density at radius 2 is 1.96 bits per heavy atom. The first-order valence-electron chi connectivity index (χ1n) is 8.23. The van der Waals surface area contributed by atoms with Crippen LogP contribution in [-0.2, 0) is 9.59 Å². The highest BCUT2D eigenvalue weighted by Crippen LogP contribution is 2.26. The first kappa shape index (κ1) is 18.4. The van der Waals surface area contributed by atoms with Gasteiger partial charge in [-0.2, -0.15) is 0 Å². The summed E-state index contributed by atoms with van der Waals surface area (Å²) in [5.41, 5.74) is 0.402. The van der Waals surface area contributed by atoms with Crippen molar-refractivity contribution in [2.24, 2.45) is 0 Å². The fourth-order valence-electron chi connectivity index (χ4n) is 2.42. The van der Waals surface area contributed by atoms with Crippen molar-refractivity contribution in [3.05, 3.63) is 42.0 Å². The van der Waals surface area contributed by atoms with Crippen molar-refractivity contribution in [1.82, 2.24) is 10.6 Å². The molecule has 0 bridgehead atoms. The molecule has 0 spiro atoms. The molecule has 0 aliphatic heterocycles. The van der Waals surface area contributed by atoms with Crippen LogP contribution < -0.4 is 15.4 Å². The van der Waals surface area contributed by atoms with Crippen LogP contribution in [0.15, 0.2) is 36.4 Å². The maximum atomic E-state index is 12.0. The Hall–Kier alpha value is -2.89. The molecule has 2 aromatic rings. The molecule has 2 N–H and O–H groups in total. The topological polar surface area (TPSA) is 84.5 Å². The molecule has 0 unspecified atom stereocenters. The Balaban J connectivity index is 1.99. The van der Waals surface area contributed by atoms with E-state index in [0.29, 0.717) is 17.9 Å². The van der Waals surface area contributed by atoms with Crippen LogP contribution in [0.25, 0.3) is 10.8 Å². The van der Waals surface area contributed by atoms with E-state index in [9.17, 15) is 14.4 Å². The van der Waals surface area contributed by atoms with E-state index >= 15 is 0 Å². The average Bonchev–Trinajstić information content (AvgIpc) is 2.63. The Bertz CT molecular complexity index is 773. The van der Waals surface area contributed by atoms with Crippen LogP contribution in [0.5, 0.6) is 5.75 Å². The molecule has 0 aliphatic carbocycles. The third-order valence-corrected chi connectivity index (χ3v) is 3.73. The summed E-state index contributed by atoms with van der Waals surface area (Å²) < 4.78 is 5.48. The van der Waals surface area contributed by atoms with Crippen molar-refractivity contribution < 1.29 is 19.1 Å². The van der Waals surface area contributed by atoms with Gasteiger partial charge in [0.15, 0.2) is 12.9 Å². The van der Waals surface area contributed by atoms with Gasteiger partial charge in [0.1, 0.15) is 11.8 Å². The summed E-state index contributed by atoms with van der Waals surface area (Å²) in [7, 11) is 0. The van der Waals surface area contributed by atoms with Crippen LogP contribution in [0, 0.1) is 0 Å². The molecule has 0 saturated heterocycles. The highest BCUT2D eigenvalue weighted by Gasteiger charge is 2.16. The lowest BCUT2D eigenvalue weighted by molar-refractivity contribution is -0.129.